The summed E-state index contributed by atoms with van der Waals surface area (Å²) < 4.78 is 0. The number of benzene rings is 3. The highest BCUT2D eigenvalue weighted by atomic mass is 15.3. The first kappa shape index (κ1) is 11.9. The number of anilines is 3. The second kappa shape index (κ2) is 4.14. The summed E-state index contributed by atoms with van der Waals surface area (Å²) in [6, 6.07) is 24.0. The Hall–Kier alpha value is -2.74. The zero-order valence-electron chi connectivity index (χ0n) is 12.4. The zero-order chi connectivity index (χ0) is 14.7. The fourth-order valence-corrected chi connectivity index (χ4v) is 3.71. The molecule has 22 heavy (non-hydrogen) atoms. The van der Waals surface area contributed by atoms with Crippen LogP contribution in [0.3, 0.4) is 0 Å². The Morgan fingerprint density at radius 1 is 0.818 bits per heavy atom. The van der Waals surface area contributed by atoms with E-state index in [4.69, 9.17) is 0 Å². The van der Waals surface area contributed by atoms with E-state index in [1.54, 1.807) is 0 Å². The molecule has 3 aromatic rings. The van der Waals surface area contributed by atoms with Crippen molar-refractivity contribution < 1.29 is 0 Å². The molecule has 0 fully saturated rings. The van der Waals surface area contributed by atoms with Crippen LogP contribution in [0.5, 0.6) is 0 Å². The lowest BCUT2D eigenvalue weighted by Gasteiger charge is -2.35. The molecule has 2 aliphatic heterocycles. The summed E-state index contributed by atoms with van der Waals surface area (Å²) in [7, 11) is 0. The Balaban J connectivity index is 1.85. The maximum atomic E-state index is 3.69. The summed E-state index contributed by atoms with van der Waals surface area (Å²) >= 11 is 0. The van der Waals surface area contributed by atoms with Crippen LogP contribution in [-0.2, 0) is 0 Å². The highest BCUT2D eigenvalue weighted by Gasteiger charge is 2.37. The number of nitrogens with one attached hydrogen (secondary N) is 1. The van der Waals surface area contributed by atoms with Crippen LogP contribution in [0.1, 0.15) is 17.3 Å². The number of nitrogens with zero attached hydrogens (tertiary/aromatic N) is 1. The van der Waals surface area contributed by atoms with Gasteiger partial charge in [0.25, 0.3) is 0 Å². The molecular formula is C20H16N2. The molecule has 5 rings (SSSR count). The van der Waals surface area contributed by atoms with E-state index in [2.05, 4.69) is 83.9 Å². The van der Waals surface area contributed by atoms with Gasteiger partial charge in [-0.05, 0) is 30.7 Å². The topological polar surface area (TPSA) is 15.3 Å². The molecule has 2 heteroatoms. The lowest BCUT2D eigenvalue weighted by atomic mass is 9.90. The molecule has 0 saturated heterocycles. The molecule has 0 saturated carbocycles. The van der Waals surface area contributed by atoms with E-state index in [0.717, 1.165) is 0 Å². The van der Waals surface area contributed by atoms with Crippen molar-refractivity contribution in [2.45, 2.75) is 13.1 Å². The first-order valence-electron chi connectivity index (χ1n) is 7.68. The first-order chi connectivity index (χ1) is 10.8. The molecule has 1 atom stereocenters. The van der Waals surface area contributed by atoms with Gasteiger partial charge in [-0.2, -0.15) is 0 Å². The van der Waals surface area contributed by atoms with Crippen molar-refractivity contribution in [3.8, 4) is 11.1 Å². The minimum Gasteiger partial charge on any atom is -0.359 e. The summed E-state index contributed by atoms with van der Waals surface area (Å²) in [5.41, 5.74) is 9.05. The van der Waals surface area contributed by atoms with Gasteiger partial charge in [0, 0.05) is 11.1 Å². The quantitative estimate of drug-likeness (QED) is 0.607. The van der Waals surface area contributed by atoms with Gasteiger partial charge in [0.1, 0.15) is 6.17 Å². The van der Waals surface area contributed by atoms with Crippen LogP contribution in [0.2, 0.25) is 0 Å². The molecule has 2 heterocycles. The van der Waals surface area contributed by atoms with Gasteiger partial charge in [0.2, 0.25) is 0 Å². The van der Waals surface area contributed by atoms with E-state index >= 15 is 0 Å². The Morgan fingerprint density at radius 3 is 2.50 bits per heavy atom. The number of aryl methyl sites for hydroxylation is 1. The van der Waals surface area contributed by atoms with Crippen molar-refractivity contribution in [1.82, 2.24) is 0 Å². The number of hydrogen-bond acceptors (Lipinski definition) is 2. The standard InChI is InChI=1S/C20H16N2/c1-13-10-11-14-15-6-2-4-8-18(15)22-19-9-5-3-7-17(19)21-20(22)16(14)12-13/h2-12,20-21H,1H3. The second-order valence-corrected chi connectivity index (χ2v) is 6.04. The Morgan fingerprint density at radius 2 is 1.59 bits per heavy atom. The van der Waals surface area contributed by atoms with E-state index in [0.29, 0.717) is 0 Å². The fraction of sp³-hybridized carbons (Fsp3) is 0.100. The van der Waals surface area contributed by atoms with Gasteiger partial charge in [-0.25, -0.2) is 0 Å². The molecule has 0 bridgehead atoms. The Kier molecular flexibility index (Phi) is 2.23. The van der Waals surface area contributed by atoms with Crippen LogP contribution in [0.25, 0.3) is 11.1 Å². The Bertz CT molecular complexity index is 898. The van der Waals surface area contributed by atoms with Gasteiger partial charge >= 0.3 is 0 Å². The van der Waals surface area contributed by atoms with Crippen molar-refractivity contribution in [2.75, 3.05) is 10.2 Å². The van der Waals surface area contributed by atoms with Crippen molar-refractivity contribution in [1.29, 1.82) is 0 Å². The Labute approximate surface area is 130 Å². The lowest BCUT2D eigenvalue weighted by molar-refractivity contribution is 0.818. The van der Waals surface area contributed by atoms with Crippen LogP contribution < -0.4 is 10.2 Å². The van der Waals surface area contributed by atoms with Crippen molar-refractivity contribution in [2.24, 2.45) is 0 Å². The first-order valence-corrected chi connectivity index (χ1v) is 7.68. The zero-order valence-corrected chi connectivity index (χ0v) is 12.4. The summed E-state index contributed by atoms with van der Waals surface area (Å²) in [4.78, 5) is 2.42. The molecule has 0 radical (unpaired) electrons. The van der Waals surface area contributed by atoms with Crippen LogP contribution in [0.15, 0.2) is 66.7 Å². The molecule has 2 nitrogen and oxygen atoms in total. The number of hydrogen-bond donors (Lipinski definition) is 1. The molecule has 0 spiro atoms. The van der Waals surface area contributed by atoms with E-state index in [9.17, 15) is 0 Å². The average Bonchev–Trinajstić information content (AvgIpc) is 2.95. The predicted octanol–water partition coefficient (Wildman–Crippen LogP) is 5.24. The third-order valence-electron chi connectivity index (χ3n) is 4.67. The van der Waals surface area contributed by atoms with Crippen molar-refractivity contribution in [3.63, 3.8) is 0 Å². The van der Waals surface area contributed by atoms with Crippen LogP contribution in [0.4, 0.5) is 17.1 Å². The molecule has 106 valence electrons. The van der Waals surface area contributed by atoms with Gasteiger partial charge in [0.15, 0.2) is 0 Å². The number of para-hydroxylation sites is 3. The molecular weight excluding hydrogens is 268 g/mol. The van der Waals surface area contributed by atoms with Gasteiger partial charge < -0.3 is 10.2 Å². The average molecular weight is 284 g/mol. The third-order valence-corrected chi connectivity index (χ3v) is 4.67. The smallest absolute Gasteiger partial charge is 0.131 e. The van der Waals surface area contributed by atoms with Gasteiger partial charge in [-0.15, -0.1) is 0 Å². The molecule has 0 amide bonds. The van der Waals surface area contributed by atoms with Crippen molar-refractivity contribution >= 4 is 17.1 Å². The van der Waals surface area contributed by atoms with Crippen LogP contribution in [-0.4, -0.2) is 0 Å². The molecule has 3 aromatic carbocycles. The van der Waals surface area contributed by atoms with E-state index in [1.807, 2.05) is 0 Å². The summed E-state index contributed by atoms with van der Waals surface area (Å²) in [6.07, 6.45) is 0.183. The van der Waals surface area contributed by atoms with E-state index < -0.39 is 0 Å². The minimum absolute atomic E-state index is 0.183. The van der Waals surface area contributed by atoms with Gasteiger partial charge in [-0.1, -0.05) is 54.1 Å². The van der Waals surface area contributed by atoms with E-state index in [-0.39, 0.29) is 6.17 Å². The normalized spacial score (nSPS) is 17.1. The van der Waals surface area contributed by atoms with Gasteiger partial charge in [0.05, 0.1) is 17.1 Å². The summed E-state index contributed by atoms with van der Waals surface area (Å²) in [6.45, 7) is 2.16. The number of fused-ring (bicyclic) bond motifs is 8. The molecule has 2 aliphatic rings. The van der Waals surface area contributed by atoms with Gasteiger partial charge in [-0.3, -0.25) is 0 Å². The third kappa shape index (κ3) is 1.44. The van der Waals surface area contributed by atoms with Crippen molar-refractivity contribution in [3.05, 3.63) is 77.9 Å². The lowest BCUT2D eigenvalue weighted by Crippen LogP contribution is -2.27. The maximum absolute atomic E-state index is 3.69. The molecule has 1 unspecified atom stereocenters. The van der Waals surface area contributed by atoms with Crippen LogP contribution >= 0.6 is 0 Å². The molecule has 1 N–H and O–H groups in total. The minimum atomic E-state index is 0.183. The monoisotopic (exact) mass is 284 g/mol. The SMILES string of the molecule is Cc1ccc2c(c1)C1Nc3ccccc3N1c1ccccc1-2. The highest BCUT2D eigenvalue weighted by Crippen LogP contribution is 2.53. The second-order valence-electron chi connectivity index (χ2n) is 6.04. The summed E-state index contributed by atoms with van der Waals surface area (Å²) in [5.74, 6) is 0. The molecule has 0 aliphatic carbocycles. The fourth-order valence-electron chi connectivity index (χ4n) is 3.71. The van der Waals surface area contributed by atoms with E-state index in [1.165, 1.54) is 39.3 Å². The largest absolute Gasteiger partial charge is 0.359 e. The van der Waals surface area contributed by atoms with Crippen LogP contribution in [0, 0.1) is 6.92 Å². The summed E-state index contributed by atoms with van der Waals surface area (Å²) in [5, 5.41) is 3.69. The maximum Gasteiger partial charge on any atom is 0.131 e. The highest BCUT2D eigenvalue weighted by molar-refractivity contribution is 5.94. The predicted molar refractivity (Wildman–Crippen MR) is 91.6 cm³/mol. The number of rotatable bonds is 0. The molecule has 0 aromatic heterocycles.